The molecule has 0 aliphatic carbocycles. The maximum atomic E-state index is 12.3. The van der Waals surface area contributed by atoms with Gasteiger partial charge < -0.3 is 5.32 Å². The van der Waals surface area contributed by atoms with E-state index in [4.69, 9.17) is 0 Å². The van der Waals surface area contributed by atoms with Gasteiger partial charge >= 0.3 is 0 Å². The maximum absolute atomic E-state index is 12.3. The average Bonchev–Trinajstić information content (AvgIpc) is 2.86. The third kappa shape index (κ3) is 3.96. The van der Waals surface area contributed by atoms with Gasteiger partial charge in [-0.15, -0.1) is 11.3 Å². The fourth-order valence-corrected chi connectivity index (χ4v) is 3.60. The van der Waals surface area contributed by atoms with Crippen molar-refractivity contribution < 1.29 is 8.42 Å². The molecule has 2 aromatic rings. The first kappa shape index (κ1) is 15.8. The fourth-order valence-electron chi connectivity index (χ4n) is 1.63. The summed E-state index contributed by atoms with van der Waals surface area (Å²) in [7, 11) is -3.67. The van der Waals surface area contributed by atoms with E-state index in [-0.39, 0.29) is 4.90 Å². The highest BCUT2D eigenvalue weighted by atomic mass is 32.2. The van der Waals surface area contributed by atoms with Gasteiger partial charge in [-0.3, -0.25) is 0 Å². The van der Waals surface area contributed by atoms with Crippen molar-refractivity contribution in [2.24, 2.45) is 0 Å². The SMILES string of the molecule is CCNc1ncc(S(=O)(=O)NC(C)c2nc(C)cs2)cn1. The predicted octanol–water partition coefficient (Wildman–Crippen LogP) is 1.71. The fraction of sp³-hybridized carbons (Fsp3) is 0.417. The highest BCUT2D eigenvalue weighted by Crippen LogP contribution is 2.20. The molecular formula is C12H17N5O2S2. The van der Waals surface area contributed by atoms with E-state index in [2.05, 4.69) is 25.0 Å². The zero-order valence-corrected chi connectivity index (χ0v) is 13.6. The number of aryl methyl sites for hydroxylation is 1. The Bertz CT molecular complexity index is 697. The van der Waals surface area contributed by atoms with E-state index in [1.165, 1.54) is 23.7 Å². The van der Waals surface area contributed by atoms with E-state index in [0.717, 1.165) is 10.7 Å². The standard InChI is InChI=1S/C12H17N5O2S2/c1-4-13-12-14-5-10(6-15-12)21(18,19)17-9(3)11-16-8(2)7-20-11/h5-7,9,17H,4H2,1-3H3,(H,13,14,15). The zero-order valence-electron chi connectivity index (χ0n) is 12.0. The van der Waals surface area contributed by atoms with Gasteiger partial charge in [0.2, 0.25) is 16.0 Å². The van der Waals surface area contributed by atoms with Gasteiger partial charge in [0, 0.05) is 17.6 Å². The normalized spacial score (nSPS) is 13.1. The van der Waals surface area contributed by atoms with Crippen LogP contribution in [0.2, 0.25) is 0 Å². The van der Waals surface area contributed by atoms with Crippen LogP contribution >= 0.6 is 11.3 Å². The molecule has 2 N–H and O–H groups in total. The number of aromatic nitrogens is 3. The second-order valence-corrected chi connectivity index (χ2v) is 7.05. The highest BCUT2D eigenvalue weighted by molar-refractivity contribution is 7.89. The molecule has 0 amide bonds. The number of rotatable bonds is 6. The van der Waals surface area contributed by atoms with E-state index in [1.807, 2.05) is 19.2 Å². The molecule has 7 nitrogen and oxygen atoms in total. The summed E-state index contributed by atoms with van der Waals surface area (Å²) in [4.78, 5) is 12.2. The zero-order chi connectivity index (χ0) is 15.5. The number of hydrogen-bond acceptors (Lipinski definition) is 7. The average molecular weight is 327 g/mol. The molecule has 0 aliphatic heterocycles. The van der Waals surface area contributed by atoms with Crippen LogP contribution in [0.4, 0.5) is 5.95 Å². The second-order valence-electron chi connectivity index (χ2n) is 4.44. The van der Waals surface area contributed by atoms with Crippen LogP contribution in [0.1, 0.15) is 30.6 Å². The molecule has 0 bridgehead atoms. The van der Waals surface area contributed by atoms with Crippen molar-refractivity contribution in [3.63, 3.8) is 0 Å². The van der Waals surface area contributed by atoms with Crippen LogP contribution in [0.5, 0.6) is 0 Å². The number of hydrogen-bond donors (Lipinski definition) is 2. The quantitative estimate of drug-likeness (QED) is 0.838. The van der Waals surface area contributed by atoms with Crippen LogP contribution in [0.25, 0.3) is 0 Å². The lowest BCUT2D eigenvalue weighted by molar-refractivity contribution is 0.565. The number of nitrogens with one attached hydrogen (secondary N) is 2. The number of sulfonamides is 1. The molecule has 0 radical (unpaired) electrons. The maximum Gasteiger partial charge on any atom is 0.244 e. The molecule has 0 saturated carbocycles. The highest BCUT2D eigenvalue weighted by Gasteiger charge is 2.21. The Hall–Kier alpha value is -1.58. The molecule has 1 atom stereocenters. The summed E-state index contributed by atoms with van der Waals surface area (Å²) in [6.07, 6.45) is 2.57. The van der Waals surface area contributed by atoms with Crippen molar-refractivity contribution in [2.45, 2.75) is 31.7 Å². The Labute approximate surface area is 127 Å². The summed E-state index contributed by atoms with van der Waals surface area (Å²) >= 11 is 1.42. The lowest BCUT2D eigenvalue weighted by atomic mass is 10.4. The van der Waals surface area contributed by atoms with Gasteiger partial charge in [-0.25, -0.2) is 28.1 Å². The molecule has 2 heterocycles. The summed E-state index contributed by atoms with van der Waals surface area (Å²) in [5.74, 6) is 0.403. The van der Waals surface area contributed by atoms with Crippen LogP contribution in [0.15, 0.2) is 22.7 Å². The minimum atomic E-state index is -3.67. The minimum Gasteiger partial charge on any atom is -0.355 e. The first-order valence-corrected chi connectivity index (χ1v) is 8.79. The van der Waals surface area contributed by atoms with Gasteiger partial charge in [0.05, 0.1) is 18.4 Å². The van der Waals surface area contributed by atoms with Gasteiger partial charge in [0.1, 0.15) is 9.90 Å². The third-order valence-corrected chi connectivity index (χ3v) is 5.25. The largest absolute Gasteiger partial charge is 0.355 e. The van der Waals surface area contributed by atoms with Gasteiger partial charge in [-0.1, -0.05) is 0 Å². The van der Waals surface area contributed by atoms with E-state index < -0.39 is 16.1 Å². The van der Waals surface area contributed by atoms with Crippen LogP contribution in [-0.2, 0) is 10.0 Å². The van der Waals surface area contributed by atoms with Crippen molar-refractivity contribution in [1.29, 1.82) is 0 Å². The van der Waals surface area contributed by atoms with Crippen molar-refractivity contribution in [3.05, 3.63) is 28.5 Å². The molecule has 114 valence electrons. The molecule has 0 saturated heterocycles. The molecule has 2 rings (SSSR count). The van der Waals surface area contributed by atoms with E-state index in [9.17, 15) is 8.42 Å². The van der Waals surface area contributed by atoms with Gasteiger partial charge in [-0.05, 0) is 20.8 Å². The molecular weight excluding hydrogens is 310 g/mol. The van der Waals surface area contributed by atoms with E-state index in [1.54, 1.807) is 6.92 Å². The Kier molecular flexibility index (Phi) is 4.86. The van der Waals surface area contributed by atoms with Crippen LogP contribution in [0, 0.1) is 6.92 Å². The molecule has 1 unspecified atom stereocenters. The van der Waals surface area contributed by atoms with Crippen molar-refractivity contribution in [3.8, 4) is 0 Å². The Morgan fingerprint density at radius 2 is 2.00 bits per heavy atom. The van der Waals surface area contributed by atoms with Crippen LogP contribution in [0.3, 0.4) is 0 Å². The molecule has 9 heteroatoms. The van der Waals surface area contributed by atoms with Crippen molar-refractivity contribution in [1.82, 2.24) is 19.7 Å². The van der Waals surface area contributed by atoms with Crippen molar-refractivity contribution in [2.75, 3.05) is 11.9 Å². The lowest BCUT2D eigenvalue weighted by Crippen LogP contribution is -2.27. The Balaban J connectivity index is 2.14. The molecule has 2 aromatic heterocycles. The Morgan fingerprint density at radius 3 is 2.52 bits per heavy atom. The molecule has 0 aliphatic rings. The number of thiazole rings is 1. The number of nitrogens with zero attached hydrogens (tertiary/aromatic N) is 3. The third-order valence-electron chi connectivity index (χ3n) is 2.61. The van der Waals surface area contributed by atoms with Crippen LogP contribution < -0.4 is 10.0 Å². The summed E-state index contributed by atoms with van der Waals surface area (Å²) in [5, 5.41) is 5.52. The number of anilines is 1. The summed E-state index contributed by atoms with van der Waals surface area (Å²) in [6, 6.07) is -0.401. The molecule has 21 heavy (non-hydrogen) atoms. The first-order valence-electron chi connectivity index (χ1n) is 6.42. The van der Waals surface area contributed by atoms with E-state index >= 15 is 0 Å². The molecule has 0 aromatic carbocycles. The van der Waals surface area contributed by atoms with Gasteiger partial charge in [-0.2, -0.15) is 0 Å². The lowest BCUT2D eigenvalue weighted by Gasteiger charge is -2.11. The Morgan fingerprint density at radius 1 is 1.33 bits per heavy atom. The second kappa shape index (κ2) is 6.46. The molecule has 0 fully saturated rings. The van der Waals surface area contributed by atoms with Crippen LogP contribution in [-0.4, -0.2) is 29.9 Å². The monoisotopic (exact) mass is 327 g/mol. The van der Waals surface area contributed by atoms with Crippen molar-refractivity contribution >= 4 is 27.3 Å². The summed E-state index contributed by atoms with van der Waals surface area (Å²) in [6.45, 7) is 6.20. The summed E-state index contributed by atoms with van der Waals surface area (Å²) < 4.78 is 27.1. The first-order chi connectivity index (χ1) is 9.92. The predicted molar refractivity (Wildman–Crippen MR) is 81.8 cm³/mol. The smallest absolute Gasteiger partial charge is 0.244 e. The summed E-state index contributed by atoms with van der Waals surface area (Å²) in [5.41, 5.74) is 0.874. The topological polar surface area (TPSA) is 96.9 Å². The minimum absolute atomic E-state index is 0.0317. The molecule has 0 spiro atoms. The van der Waals surface area contributed by atoms with Gasteiger partial charge in [0.15, 0.2) is 0 Å². The van der Waals surface area contributed by atoms with E-state index in [0.29, 0.717) is 12.5 Å². The van der Waals surface area contributed by atoms with Gasteiger partial charge in [0.25, 0.3) is 0 Å².